The van der Waals surface area contributed by atoms with Crippen LogP contribution in [0.4, 0.5) is 11.6 Å². The van der Waals surface area contributed by atoms with E-state index in [2.05, 4.69) is 27.3 Å². The number of furan rings is 1. The predicted octanol–water partition coefficient (Wildman–Crippen LogP) is 4.20. The van der Waals surface area contributed by atoms with Gasteiger partial charge in [-0.2, -0.15) is 0 Å². The van der Waals surface area contributed by atoms with Crippen molar-refractivity contribution in [3.8, 4) is 5.75 Å². The molecule has 1 N–H and O–H groups in total. The molecule has 1 aliphatic rings. The van der Waals surface area contributed by atoms with E-state index < -0.39 is 0 Å². The van der Waals surface area contributed by atoms with Gasteiger partial charge in [-0.25, -0.2) is 0 Å². The Hall–Kier alpha value is -2.94. The van der Waals surface area contributed by atoms with Crippen LogP contribution in [0.1, 0.15) is 31.1 Å². The number of aromatic nitrogens is 3. The summed E-state index contributed by atoms with van der Waals surface area (Å²) < 4.78 is 13.0. The molecule has 0 unspecified atom stereocenters. The minimum absolute atomic E-state index is 0.125. The van der Waals surface area contributed by atoms with E-state index in [1.807, 2.05) is 41.8 Å². The van der Waals surface area contributed by atoms with Crippen molar-refractivity contribution in [2.45, 2.75) is 38.4 Å². The van der Waals surface area contributed by atoms with E-state index >= 15 is 0 Å². The number of aryl methyl sites for hydroxylation is 1. The molecule has 32 heavy (non-hydrogen) atoms. The van der Waals surface area contributed by atoms with Gasteiger partial charge in [0.2, 0.25) is 11.9 Å². The van der Waals surface area contributed by atoms with E-state index in [1.165, 1.54) is 11.8 Å². The van der Waals surface area contributed by atoms with Gasteiger partial charge in [-0.1, -0.05) is 24.8 Å². The molecule has 1 fully saturated rings. The number of methoxy groups -OCH3 is 1. The Bertz CT molecular complexity index is 1040. The molecule has 1 saturated heterocycles. The van der Waals surface area contributed by atoms with Gasteiger partial charge in [-0.3, -0.25) is 9.36 Å². The third-order valence-corrected chi connectivity index (χ3v) is 6.59. The highest BCUT2D eigenvalue weighted by molar-refractivity contribution is 7.99. The van der Waals surface area contributed by atoms with Crippen molar-refractivity contribution in [2.75, 3.05) is 36.2 Å². The van der Waals surface area contributed by atoms with Crippen molar-refractivity contribution < 1.29 is 13.9 Å². The zero-order chi connectivity index (χ0) is 22.5. The molecule has 0 radical (unpaired) electrons. The minimum Gasteiger partial charge on any atom is -0.495 e. The van der Waals surface area contributed by atoms with Crippen LogP contribution in [-0.2, 0) is 11.3 Å². The molecule has 1 amide bonds. The van der Waals surface area contributed by atoms with Crippen molar-refractivity contribution in [3.63, 3.8) is 0 Å². The Morgan fingerprint density at radius 3 is 2.81 bits per heavy atom. The lowest BCUT2D eigenvalue weighted by Gasteiger charge is -2.31. The number of carbonyl (C=O) groups is 1. The third-order valence-electron chi connectivity index (χ3n) is 5.62. The van der Waals surface area contributed by atoms with Gasteiger partial charge in [0.05, 0.1) is 31.4 Å². The van der Waals surface area contributed by atoms with Crippen LogP contribution in [0.5, 0.6) is 5.75 Å². The van der Waals surface area contributed by atoms with Crippen molar-refractivity contribution in [1.82, 2.24) is 14.8 Å². The summed E-state index contributed by atoms with van der Waals surface area (Å²) in [5, 5.41) is 12.5. The van der Waals surface area contributed by atoms with Crippen LogP contribution >= 0.6 is 11.8 Å². The number of benzene rings is 1. The number of thioether (sulfide) groups is 1. The zero-order valence-electron chi connectivity index (χ0n) is 18.7. The molecule has 4 rings (SSSR count). The smallest absolute Gasteiger partial charge is 0.234 e. The van der Waals surface area contributed by atoms with Gasteiger partial charge < -0.3 is 19.4 Å². The lowest BCUT2D eigenvalue weighted by Crippen LogP contribution is -2.35. The standard InChI is InChI=1S/C23H29N5O3S/c1-16-8-10-27(11-9-16)22-25-26-23(28(22)14-18-5-4-12-31-18)32-15-21(29)24-19-13-17(2)6-7-20(19)30-3/h4-7,12-13,16H,8-11,14-15H2,1-3H3,(H,24,29). The molecule has 1 aromatic carbocycles. The number of piperidine rings is 1. The summed E-state index contributed by atoms with van der Waals surface area (Å²) in [7, 11) is 1.59. The SMILES string of the molecule is COc1ccc(C)cc1NC(=O)CSc1nnc(N2CCC(C)CC2)n1Cc1ccco1. The second-order valence-corrected chi connectivity index (χ2v) is 9.10. The highest BCUT2D eigenvalue weighted by Crippen LogP contribution is 2.28. The maximum Gasteiger partial charge on any atom is 0.234 e. The molecule has 170 valence electrons. The fraction of sp³-hybridized carbons (Fsp3) is 0.435. The largest absolute Gasteiger partial charge is 0.495 e. The number of carbonyl (C=O) groups excluding carboxylic acids is 1. The molecule has 8 nitrogen and oxygen atoms in total. The van der Waals surface area contributed by atoms with E-state index in [0.717, 1.165) is 49.1 Å². The molecule has 3 heterocycles. The molecule has 0 aliphatic carbocycles. The Morgan fingerprint density at radius 2 is 2.09 bits per heavy atom. The first-order chi connectivity index (χ1) is 15.5. The van der Waals surface area contributed by atoms with Crippen molar-refractivity contribution >= 4 is 29.3 Å². The van der Waals surface area contributed by atoms with Crippen LogP contribution < -0.4 is 15.0 Å². The number of amides is 1. The van der Waals surface area contributed by atoms with Gasteiger partial charge in [0, 0.05) is 13.1 Å². The molecule has 0 atom stereocenters. The maximum atomic E-state index is 12.7. The second-order valence-electron chi connectivity index (χ2n) is 8.16. The first-order valence-corrected chi connectivity index (χ1v) is 11.8. The number of hydrogen-bond donors (Lipinski definition) is 1. The number of rotatable bonds is 8. The van der Waals surface area contributed by atoms with Gasteiger partial charge in [0.1, 0.15) is 11.5 Å². The Morgan fingerprint density at radius 1 is 1.28 bits per heavy atom. The number of ether oxygens (including phenoxy) is 1. The normalized spacial score (nSPS) is 14.5. The predicted molar refractivity (Wildman–Crippen MR) is 126 cm³/mol. The van der Waals surface area contributed by atoms with E-state index in [0.29, 0.717) is 23.1 Å². The number of hydrogen-bond acceptors (Lipinski definition) is 7. The van der Waals surface area contributed by atoms with E-state index in [-0.39, 0.29) is 11.7 Å². The second kappa shape index (κ2) is 10.1. The molecule has 3 aromatic rings. The molecule has 1 aliphatic heterocycles. The van der Waals surface area contributed by atoms with Crippen LogP contribution in [0.3, 0.4) is 0 Å². The summed E-state index contributed by atoms with van der Waals surface area (Å²) in [5.74, 6) is 3.11. The Balaban J connectivity index is 1.48. The van der Waals surface area contributed by atoms with Gasteiger partial charge in [-0.15, -0.1) is 10.2 Å². The molecule has 0 saturated carbocycles. The van der Waals surface area contributed by atoms with Crippen LogP contribution in [0, 0.1) is 12.8 Å². The van der Waals surface area contributed by atoms with Crippen molar-refractivity contribution in [1.29, 1.82) is 0 Å². The van der Waals surface area contributed by atoms with Gasteiger partial charge in [0.25, 0.3) is 0 Å². The van der Waals surface area contributed by atoms with Crippen molar-refractivity contribution in [3.05, 3.63) is 47.9 Å². The van der Waals surface area contributed by atoms with E-state index in [9.17, 15) is 4.79 Å². The van der Waals surface area contributed by atoms with Gasteiger partial charge >= 0.3 is 0 Å². The minimum atomic E-state index is -0.125. The topological polar surface area (TPSA) is 85.4 Å². The third kappa shape index (κ3) is 5.27. The number of nitrogens with one attached hydrogen (secondary N) is 1. The molecular formula is C23H29N5O3S. The van der Waals surface area contributed by atoms with E-state index in [1.54, 1.807) is 13.4 Å². The summed E-state index contributed by atoms with van der Waals surface area (Å²) in [5.41, 5.74) is 1.71. The first-order valence-electron chi connectivity index (χ1n) is 10.8. The molecule has 2 aromatic heterocycles. The zero-order valence-corrected chi connectivity index (χ0v) is 19.5. The fourth-order valence-electron chi connectivity index (χ4n) is 3.76. The Labute approximate surface area is 192 Å². The molecule has 9 heteroatoms. The average molecular weight is 456 g/mol. The van der Waals surface area contributed by atoms with Crippen LogP contribution in [0.2, 0.25) is 0 Å². The van der Waals surface area contributed by atoms with Crippen LogP contribution in [-0.4, -0.2) is 46.6 Å². The molecular weight excluding hydrogens is 426 g/mol. The summed E-state index contributed by atoms with van der Waals surface area (Å²) in [6, 6.07) is 9.51. The number of nitrogens with zero attached hydrogens (tertiary/aromatic N) is 4. The van der Waals surface area contributed by atoms with Crippen LogP contribution in [0.15, 0.2) is 46.2 Å². The fourth-order valence-corrected chi connectivity index (χ4v) is 4.50. The Kier molecular flexibility index (Phi) is 7.04. The number of anilines is 2. The highest BCUT2D eigenvalue weighted by Gasteiger charge is 2.24. The van der Waals surface area contributed by atoms with Crippen molar-refractivity contribution in [2.24, 2.45) is 5.92 Å². The van der Waals surface area contributed by atoms with E-state index in [4.69, 9.17) is 9.15 Å². The lowest BCUT2D eigenvalue weighted by atomic mass is 10.00. The first kappa shape index (κ1) is 22.3. The van der Waals surface area contributed by atoms with Gasteiger partial charge in [-0.05, 0) is 55.5 Å². The maximum absolute atomic E-state index is 12.7. The highest BCUT2D eigenvalue weighted by atomic mass is 32.2. The summed E-state index contributed by atoms with van der Waals surface area (Å²) in [4.78, 5) is 14.9. The monoisotopic (exact) mass is 455 g/mol. The quantitative estimate of drug-likeness (QED) is 0.510. The summed E-state index contributed by atoms with van der Waals surface area (Å²) in [6.07, 6.45) is 3.94. The van der Waals surface area contributed by atoms with Crippen LogP contribution in [0.25, 0.3) is 0 Å². The lowest BCUT2D eigenvalue weighted by molar-refractivity contribution is -0.113. The summed E-state index contributed by atoms with van der Waals surface area (Å²) >= 11 is 1.37. The average Bonchev–Trinajstić information content (AvgIpc) is 3.44. The molecule has 0 spiro atoms. The summed E-state index contributed by atoms with van der Waals surface area (Å²) in [6.45, 7) is 6.69. The molecule has 0 bridgehead atoms. The van der Waals surface area contributed by atoms with Gasteiger partial charge in [0.15, 0.2) is 5.16 Å².